The standard InChI is InChI=1S/C21H21F2N5O2/c1-26(2)16-8-4-13(5-9-16)11-27(3)28-12-15-7-6-14(10-17(15)21(28)29)19-24-25-20(30-19)18(22)23/h4-10,18H,11-12H2,1-3H3. The van der Waals surface area contributed by atoms with Crippen LogP contribution >= 0.6 is 0 Å². The van der Waals surface area contributed by atoms with E-state index in [9.17, 15) is 13.6 Å². The second kappa shape index (κ2) is 7.83. The summed E-state index contributed by atoms with van der Waals surface area (Å²) in [7, 11) is 5.83. The molecule has 0 bridgehead atoms. The van der Waals surface area contributed by atoms with Crippen LogP contribution in [0.2, 0.25) is 0 Å². The number of hydrazine groups is 1. The molecule has 2 aromatic carbocycles. The van der Waals surface area contributed by atoms with Crippen LogP contribution in [0.4, 0.5) is 14.5 Å². The molecule has 156 valence electrons. The third-order valence-electron chi connectivity index (χ3n) is 5.05. The molecule has 2 heterocycles. The van der Waals surface area contributed by atoms with Gasteiger partial charge in [-0.25, -0.2) is 5.01 Å². The number of nitrogens with zero attached hydrogens (tertiary/aromatic N) is 5. The maximum atomic E-state index is 13.0. The zero-order chi connectivity index (χ0) is 21.4. The molecule has 0 unspecified atom stereocenters. The van der Waals surface area contributed by atoms with Crippen LogP contribution in [0.3, 0.4) is 0 Å². The van der Waals surface area contributed by atoms with Gasteiger partial charge in [0.05, 0.1) is 6.54 Å². The first kappa shape index (κ1) is 20.0. The van der Waals surface area contributed by atoms with Gasteiger partial charge >= 0.3 is 6.43 Å². The number of benzene rings is 2. The Balaban J connectivity index is 1.50. The Morgan fingerprint density at radius 1 is 1.10 bits per heavy atom. The molecular weight excluding hydrogens is 392 g/mol. The van der Waals surface area contributed by atoms with Gasteiger partial charge in [0.2, 0.25) is 5.89 Å². The van der Waals surface area contributed by atoms with E-state index in [1.807, 2.05) is 55.3 Å². The topological polar surface area (TPSA) is 65.7 Å². The SMILES string of the molecule is CN(C)c1ccc(CN(C)N2Cc3ccc(-c4nnc(C(F)F)o4)cc3C2=O)cc1. The van der Waals surface area contributed by atoms with Crippen molar-refractivity contribution >= 4 is 11.6 Å². The molecule has 9 heteroatoms. The molecule has 1 aromatic heterocycles. The fourth-order valence-electron chi connectivity index (χ4n) is 3.38. The van der Waals surface area contributed by atoms with Gasteiger partial charge in [0, 0.05) is 44.5 Å². The summed E-state index contributed by atoms with van der Waals surface area (Å²) in [5, 5.41) is 10.5. The Morgan fingerprint density at radius 2 is 1.83 bits per heavy atom. The summed E-state index contributed by atoms with van der Waals surface area (Å²) >= 11 is 0. The molecule has 0 fully saturated rings. The second-order valence-electron chi connectivity index (χ2n) is 7.36. The average molecular weight is 413 g/mol. The molecule has 0 atom stereocenters. The summed E-state index contributed by atoms with van der Waals surface area (Å²) in [6.07, 6.45) is -2.83. The van der Waals surface area contributed by atoms with E-state index < -0.39 is 12.3 Å². The number of carbonyl (C=O) groups excluding carboxylic acids is 1. The molecule has 0 aliphatic carbocycles. The van der Waals surface area contributed by atoms with E-state index in [4.69, 9.17) is 4.42 Å². The number of carbonyl (C=O) groups is 1. The first-order valence-electron chi connectivity index (χ1n) is 9.37. The van der Waals surface area contributed by atoms with Gasteiger partial charge in [-0.05, 0) is 35.4 Å². The van der Waals surface area contributed by atoms with Crippen LogP contribution in [0.25, 0.3) is 11.5 Å². The van der Waals surface area contributed by atoms with E-state index >= 15 is 0 Å². The molecule has 3 aromatic rings. The third kappa shape index (κ3) is 3.76. The highest BCUT2D eigenvalue weighted by Crippen LogP contribution is 2.30. The number of fused-ring (bicyclic) bond motifs is 1. The molecule has 0 radical (unpaired) electrons. The fraction of sp³-hybridized carbons (Fsp3) is 0.286. The normalized spacial score (nSPS) is 13.4. The number of rotatable bonds is 6. The highest BCUT2D eigenvalue weighted by atomic mass is 19.3. The second-order valence-corrected chi connectivity index (χ2v) is 7.36. The lowest BCUT2D eigenvalue weighted by Gasteiger charge is -2.28. The highest BCUT2D eigenvalue weighted by molar-refractivity contribution is 5.99. The quantitative estimate of drug-likeness (QED) is 0.613. The Hall–Kier alpha value is -3.33. The first-order valence-corrected chi connectivity index (χ1v) is 9.37. The van der Waals surface area contributed by atoms with E-state index in [1.165, 1.54) is 0 Å². The maximum absolute atomic E-state index is 13.0. The van der Waals surface area contributed by atoms with Crippen molar-refractivity contribution in [1.29, 1.82) is 0 Å². The molecule has 0 spiro atoms. The van der Waals surface area contributed by atoms with Crippen molar-refractivity contribution in [1.82, 2.24) is 20.2 Å². The first-order chi connectivity index (χ1) is 14.3. The lowest BCUT2D eigenvalue weighted by molar-refractivity contribution is 0.00273. The van der Waals surface area contributed by atoms with Crippen LogP contribution in [0, 0.1) is 0 Å². The van der Waals surface area contributed by atoms with Gasteiger partial charge < -0.3 is 9.32 Å². The van der Waals surface area contributed by atoms with Crippen molar-refractivity contribution < 1.29 is 18.0 Å². The summed E-state index contributed by atoms with van der Waals surface area (Å²) in [6.45, 7) is 1.01. The average Bonchev–Trinajstić information content (AvgIpc) is 3.34. The minimum atomic E-state index is -2.83. The van der Waals surface area contributed by atoms with Crippen LogP contribution in [0.5, 0.6) is 0 Å². The highest BCUT2D eigenvalue weighted by Gasteiger charge is 2.31. The van der Waals surface area contributed by atoms with Gasteiger partial charge in [-0.3, -0.25) is 9.80 Å². The molecule has 1 aliphatic heterocycles. The molecule has 0 saturated heterocycles. The summed E-state index contributed by atoms with van der Waals surface area (Å²) in [6, 6.07) is 13.2. The number of alkyl halides is 2. The van der Waals surface area contributed by atoms with Gasteiger partial charge in [0.1, 0.15) is 0 Å². The summed E-state index contributed by atoms with van der Waals surface area (Å²) in [4.78, 5) is 15.0. The minimum absolute atomic E-state index is 0.0336. The van der Waals surface area contributed by atoms with Crippen molar-refractivity contribution in [3.8, 4) is 11.5 Å². The molecule has 1 aliphatic rings. The Labute approximate surface area is 172 Å². The van der Waals surface area contributed by atoms with E-state index in [1.54, 1.807) is 23.2 Å². The van der Waals surface area contributed by atoms with E-state index in [2.05, 4.69) is 10.2 Å². The molecule has 4 rings (SSSR count). The number of amides is 1. The molecular formula is C21H21F2N5O2. The van der Waals surface area contributed by atoms with Crippen LogP contribution in [0.1, 0.15) is 33.8 Å². The van der Waals surface area contributed by atoms with E-state index in [-0.39, 0.29) is 11.8 Å². The van der Waals surface area contributed by atoms with Crippen molar-refractivity contribution in [2.24, 2.45) is 0 Å². The zero-order valence-corrected chi connectivity index (χ0v) is 16.8. The maximum Gasteiger partial charge on any atom is 0.314 e. The van der Waals surface area contributed by atoms with Crippen LogP contribution in [-0.4, -0.2) is 47.3 Å². The van der Waals surface area contributed by atoms with Gasteiger partial charge in [0.25, 0.3) is 11.8 Å². The van der Waals surface area contributed by atoms with Crippen LogP contribution < -0.4 is 4.90 Å². The molecule has 7 nitrogen and oxygen atoms in total. The zero-order valence-electron chi connectivity index (χ0n) is 16.8. The van der Waals surface area contributed by atoms with Gasteiger partial charge in [0.15, 0.2) is 0 Å². The molecule has 0 saturated carbocycles. The van der Waals surface area contributed by atoms with Gasteiger partial charge in [-0.15, -0.1) is 10.2 Å². The predicted octanol–water partition coefficient (Wildman–Crippen LogP) is 3.74. The number of halogens is 2. The van der Waals surface area contributed by atoms with Crippen molar-refractivity contribution in [2.45, 2.75) is 19.5 Å². The van der Waals surface area contributed by atoms with Crippen molar-refractivity contribution in [3.63, 3.8) is 0 Å². The lowest BCUT2D eigenvalue weighted by atomic mass is 10.1. The van der Waals surface area contributed by atoms with Crippen LogP contribution in [0.15, 0.2) is 46.9 Å². The molecule has 0 N–H and O–H groups in total. The Bertz CT molecular complexity index is 1070. The van der Waals surface area contributed by atoms with Gasteiger partial charge in [-0.1, -0.05) is 18.2 Å². The number of anilines is 1. The van der Waals surface area contributed by atoms with E-state index in [0.717, 1.165) is 16.8 Å². The Kier molecular flexibility index (Phi) is 5.21. The fourth-order valence-corrected chi connectivity index (χ4v) is 3.38. The Morgan fingerprint density at radius 3 is 2.47 bits per heavy atom. The molecule has 30 heavy (non-hydrogen) atoms. The predicted molar refractivity (Wildman–Crippen MR) is 107 cm³/mol. The van der Waals surface area contributed by atoms with E-state index in [0.29, 0.717) is 24.2 Å². The summed E-state index contributed by atoms with van der Waals surface area (Å²) < 4.78 is 30.4. The summed E-state index contributed by atoms with van der Waals surface area (Å²) in [5.74, 6) is -0.931. The number of hydrogen-bond donors (Lipinski definition) is 0. The summed E-state index contributed by atoms with van der Waals surface area (Å²) in [5.41, 5.74) is 3.98. The largest absolute Gasteiger partial charge is 0.415 e. The molecule has 1 amide bonds. The van der Waals surface area contributed by atoms with Crippen molar-refractivity contribution in [3.05, 3.63) is 65.0 Å². The number of aromatic nitrogens is 2. The monoisotopic (exact) mass is 413 g/mol. The number of hydrogen-bond acceptors (Lipinski definition) is 6. The third-order valence-corrected chi connectivity index (χ3v) is 5.05. The van der Waals surface area contributed by atoms with Crippen LogP contribution in [-0.2, 0) is 13.1 Å². The van der Waals surface area contributed by atoms with Gasteiger partial charge in [-0.2, -0.15) is 8.78 Å². The smallest absolute Gasteiger partial charge is 0.314 e. The minimum Gasteiger partial charge on any atom is -0.415 e. The van der Waals surface area contributed by atoms with Crippen molar-refractivity contribution in [2.75, 3.05) is 26.0 Å². The lowest BCUT2D eigenvalue weighted by Crippen LogP contribution is -2.39.